The van der Waals surface area contributed by atoms with Gasteiger partial charge in [0.2, 0.25) is 0 Å². The molecule has 72 valence electrons. The molecule has 0 aliphatic rings. The van der Waals surface area contributed by atoms with Gasteiger partial charge in [0.15, 0.2) is 0 Å². The molecule has 0 saturated carbocycles. The number of anilines is 2. The van der Waals surface area contributed by atoms with Gasteiger partial charge in [0.05, 0.1) is 12.4 Å². The van der Waals surface area contributed by atoms with Crippen LogP contribution in [0.1, 0.15) is 0 Å². The van der Waals surface area contributed by atoms with Crippen molar-refractivity contribution in [3.05, 3.63) is 12.4 Å². The van der Waals surface area contributed by atoms with Gasteiger partial charge >= 0.3 is 0 Å². The van der Waals surface area contributed by atoms with Crippen LogP contribution >= 0.6 is 0 Å². The number of nitrogens with one attached hydrogen (secondary N) is 1. The summed E-state index contributed by atoms with van der Waals surface area (Å²) in [6.07, 6.45) is 4.69. The molecule has 1 heterocycles. The van der Waals surface area contributed by atoms with Gasteiger partial charge < -0.3 is 11.1 Å². The van der Waals surface area contributed by atoms with Crippen LogP contribution in [0.4, 0.5) is 11.6 Å². The fraction of sp³-hybridized carbons (Fsp3) is 0.429. The number of hydrogen-bond acceptors (Lipinski definition) is 5. The molecule has 1 atom stereocenters. The Bertz CT molecular complexity index is 287. The largest absolute Gasteiger partial charge is 0.382 e. The molecule has 0 fully saturated rings. The molecule has 1 rings (SSSR count). The fourth-order valence-electron chi connectivity index (χ4n) is 0.752. The summed E-state index contributed by atoms with van der Waals surface area (Å²) < 4.78 is 10.7. The normalized spacial score (nSPS) is 12.4. The third-order valence-electron chi connectivity index (χ3n) is 1.37. The molecule has 0 radical (unpaired) electrons. The molecule has 5 nitrogen and oxygen atoms in total. The van der Waals surface area contributed by atoms with Crippen LogP contribution in [-0.4, -0.2) is 32.7 Å². The molecular formula is C7H12N4OS. The molecule has 3 N–H and O–H groups in total. The highest BCUT2D eigenvalue weighted by atomic mass is 32.2. The van der Waals surface area contributed by atoms with Gasteiger partial charge in [0.1, 0.15) is 11.6 Å². The van der Waals surface area contributed by atoms with Gasteiger partial charge in [0, 0.05) is 29.4 Å². The first kappa shape index (κ1) is 9.91. The van der Waals surface area contributed by atoms with Crippen molar-refractivity contribution in [2.45, 2.75) is 0 Å². The Balaban J connectivity index is 2.37. The summed E-state index contributed by atoms with van der Waals surface area (Å²) in [5, 5.41) is 2.98. The lowest BCUT2D eigenvalue weighted by Crippen LogP contribution is -2.11. The number of hydrogen-bond donors (Lipinski definition) is 2. The maximum atomic E-state index is 10.7. The van der Waals surface area contributed by atoms with E-state index in [1.165, 1.54) is 6.20 Å². The third-order valence-corrected chi connectivity index (χ3v) is 2.15. The minimum atomic E-state index is -0.779. The van der Waals surface area contributed by atoms with Crippen LogP contribution in [0.5, 0.6) is 0 Å². The first-order valence-electron chi connectivity index (χ1n) is 3.80. The van der Waals surface area contributed by atoms with E-state index in [4.69, 9.17) is 5.73 Å². The molecule has 6 heteroatoms. The van der Waals surface area contributed by atoms with Gasteiger partial charge in [-0.15, -0.1) is 0 Å². The average molecular weight is 200 g/mol. The first-order valence-corrected chi connectivity index (χ1v) is 5.52. The maximum Gasteiger partial charge on any atom is 0.144 e. The van der Waals surface area contributed by atoms with Crippen LogP contribution in [0, 0.1) is 0 Å². The molecule has 1 aromatic rings. The second kappa shape index (κ2) is 4.76. The second-order valence-electron chi connectivity index (χ2n) is 2.53. The molecule has 1 aromatic heterocycles. The van der Waals surface area contributed by atoms with E-state index in [-0.39, 0.29) is 0 Å². The predicted molar refractivity (Wildman–Crippen MR) is 53.9 cm³/mol. The summed E-state index contributed by atoms with van der Waals surface area (Å²) in [5.41, 5.74) is 5.35. The average Bonchev–Trinajstić information content (AvgIpc) is 2.08. The lowest BCUT2D eigenvalue weighted by Gasteiger charge is -2.02. The van der Waals surface area contributed by atoms with E-state index in [1.54, 1.807) is 12.5 Å². The van der Waals surface area contributed by atoms with Crippen molar-refractivity contribution in [2.24, 2.45) is 0 Å². The van der Waals surface area contributed by atoms with E-state index in [9.17, 15) is 4.21 Å². The topological polar surface area (TPSA) is 80.9 Å². The van der Waals surface area contributed by atoms with Crippen molar-refractivity contribution < 1.29 is 4.21 Å². The first-order chi connectivity index (χ1) is 6.18. The van der Waals surface area contributed by atoms with Crippen molar-refractivity contribution in [3.8, 4) is 0 Å². The summed E-state index contributed by atoms with van der Waals surface area (Å²) >= 11 is 0. The van der Waals surface area contributed by atoms with Crippen molar-refractivity contribution in [1.82, 2.24) is 9.97 Å². The van der Waals surface area contributed by atoms with Gasteiger partial charge in [-0.3, -0.25) is 4.21 Å². The lowest BCUT2D eigenvalue weighted by molar-refractivity contribution is 0.687. The lowest BCUT2D eigenvalue weighted by atomic mass is 10.6. The van der Waals surface area contributed by atoms with E-state index >= 15 is 0 Å². The van der Waals surface area contributed by atoms with Crippen LogP contribution in [-0.2, 0) is 10.8 Å². The molecule has 0 aliphatic heterocycles. The van der Waals surface area contributed by atoms with E-state index in [2.05, 4.69) is 15.3 Å². The number of nitrogens with zero attached hydrogens (tertiary/aromatic N) is 2. The fourth-order valence-corrected chi connectivity index (χ4v) is 1.14. The molecule has 0 aromatic carbocycles. The zero-order chi connectivity index (χ0) is 9.68. The number of rotatable bonds is 4. The van der Waals surface area contributed by atoms with Crippen LogP contribution in [0.3, 0.4) is 0 Å². The number of aromatic nitrogens is 2. The molecule has 1 unspecified atom stereocenters. The molecule has 13 heavy (non-hydrogen) atoms. The van der Waals surface area contributed by atoms with E-state index in [0.717, 1.165) is 0 Å². The zero-order valence-corrected chi connectivity index (χ0v) is 8.17. The Morgan fingerprint density at radius 1 is 1.54 bits per heavy atom. The van der Waals surface area contributed by atoms with E-state index in [1.807, 2.05) is 0 Å². The SMILES string of the molecule is CS(=O)CCNc1cnc(N)cn1. The molecule has 0 amide bonds. The second-order valence-corrected chi connectivity index (χ2v) is 4.09. The monoisotopic (exact) mass is 200 g/mol. The van der Waals surface area contributed by atoms with Crippen LogP contribution in [0.2, 0.25) is 0 Å². The molecule has 0 spiro atoms. The van der Waals surface area contributed by atoms with Gasteiger partial charge in [-0.1, -0.05) is 0 Å². The maximum absolute atomic E-state index is 10.7. The van der Waals surface area contributed by atoms with Gasteiger partial charge in [-0.25, -0.2) is 9.97 Å². The summed E-state index contributed by atoms with van der Waals surface area (Å²) in [4.78, 5) is 7.83. The standard InChI is InChI=1S/C7H12N4OS/c1-13(12)3-2-9-7-5-10-6(8)4-11-7/h4-5H,2-3H2,1H3,(H2,8,10)(H,9,11). The van der Waals surface area contributed by atoms with Gasteiger partial charge in [-0.2, -0.15) is 0 Å². The third kappa shape index (κ3) is 3.84. The van der Waals surface area contributed by atoms with Crippen molar-refractivity contribution in [1.29, 1.82) is 0 Å². The van der Waals surface area contributed by atoms with Crippen LogP contribution < -0.4 is 11.1 Å². The molecule has 0 bridgehead atoms. The smallest absolute Gasteiger partial charge is 0.144 e. The highest BCUT2D eigenvalue weighted by Crippen LogP contribution is 2.00. The minimum absolute atomic E-state index is 0.393. The zero-order valence-electron chi connectivity index (χ0n) is 7.36. The van der Waals surface area contributed by atoms with Gasteiger partial charge in [-0.05, 0) is 0 Å². The predicted octanol–water partition coefficient (Wildman–Crippen LogP) is -0.151. The van der Waals surface area contributed by atoms with Crippen LogP contribution in [0.25, 0.3) is 0 Å². The Labute approximate surface area is 79.2 Å². The van der Waals surface area contributed by atoms with Crippen LogP contribution in [0.15, 0.2) is 12.4 Å². The molecular weight excluding hydrogens is 188 g/mol. The molecule has 0 saturated heterocycles. The van der Waals surface area contributed by atoms with Crippen molar-refractivity contribution in [2.75, 3.05) is 29.6 Å². The highest BCUT2D eigenvalue weighted by Gasteiger charge is 1.94. The Kier molecular flexibility index (Phi) is 3.63. The summed E-state index contributed by atoms with van der Waals surface area (Å²) in [6, 6.07) is 0. The van der Waals surface area contributed by atoms with Crippen molar-refractivity contribution >= 4 is 22.4 Å². The quantitative estimate of drug-likeness (QED) is 0.706. The summed E-state index contributed by atoms with van der Waals surface area (Å²) in [6.45, 7) is 0.627. The Hall–Kier alpha value is -1.17. The Morgan fingerprint density at radius 3 is 2.85 bits per heavy atom. The molecule has 0 aliphatic carbocycles. The van der Waals surface area contributed by atoms with Gasteiger partial charge in [0.25, 0.3) is 0 Å². The number of nitrogen functional groups attached to an aromatic ring is 1. The summed E-state index contributed by atoms with van der Waals surface area (Å²) in [5.74, 6) is 1.65. The van der Waals surface area contributed by atoms with Crippen molar-refractivity contribution in [3.63, 3.8) is 0 Å². The number of nitrogens with two attached hydrogens (primary N) is 1. The minimum Gasteiger partial charge on any atom is -0.382 e. The van der Waals surface area contributed by atoms with E-state index < -0.39 is 10.8 Å². The van der Waals surface area contributed by atoms with E-state index in [0.29, 0.717) is 23.9 Å². The summed E-state index contributed by atoms with van der Waals surface area (Å²) in [7, 11) is -0.779. The highest BCUT2D eigenvalue weighted by molar-refractivity contribution is 7.84. The Morgan fingerprint density at radius 2 is 2.31 bits per heavy atom.